The average Bonchev–Trinajstić information content (AvgIpc) is 3.17. The molecule has 1 saturated carbocycles. The second-order valence-corrected chi connectivity index (χ2v) is 8.66. The molecule has 4 rings (SSSR count). The predicted octanol–water partition coefficient (Wildman–Crippen LogP) is 5.51. The molecule has 0 bridgehead atoms. The van der Waals surface area contributed by atoms with E-state index in [-0.39, 0.29) is 5.91 Å². The van der Waals surface area contributed by atoms with Crippen LogP contribution in [0, 0.1) is 13.8 Å². The Morgan fingerprint density at radius 2 is 1.77 bits per heavy atom. The molecule has 0 atom stereocenters. The molecule has 1 aliphatic rings. The minimum Gasteiger partial charge on any atom is -0.322 e. The molecule has 0 radical (unpaired) electrons. The molecule has 0 spiro atoms. The number of aryl methyl sites for hydroxylation is 1. The number of carbonyl (C=O) groups is 1. The molecule has 1 heterocycles. The highest BCUT2D eigenvalue weighted by Crippen LogP contribution is 2.25. The van der Waals surface area contributed by atoms with Crippen LogP contribution in [0.1, 0.15) is 59.3 Å². The van der Waals surface area contributed by atoms with Crippen LogP contribution >= 0.6 is 0 Å². The van der Waals surface area contributed by atoms with Gasteiger partial charge in [-0.3, -0.25) is 9.69 Å². The van der Waals surface area contributed by atoms with Gasteiger partial charge in [-0.15, -0.1) is 0 Å². The molecule has 2 aromatic carbocycles. The van der Waals surface area contributed by atoms with Gasteiger partial charge in [0.25, 0.3) is 5.91 Å². The highest BCUT2D eigenvalue weighted by atomic mass is 16.1. The summed E-state index contributed by atoms with van der Waals surface area (Å²) in [6.45, 7) is 4.83. The van der Waals surface area contributed by atoms with Crippen LogP contribution in [0.4, 0.5) is 5.69 Å². The van der Waals surface area contributed by atoms with E-state index in [2.05, 4.69) is 41.4 Å². The standard InChI is InChI=1S/C26H32N4O/c1-19-11-7-10-16-25(19)30-20(2)23(17-27-30)26(31)28-24-15-9-8-12-21(24)18-29(3)22-13-5-4-6-14-22/h7-12,15-17,22H,4-6,13-14,18H2,1-3H3,(H,28,31). The van der Waals surface area contributed by atoms with E-state index in [0.717, 1.165) is 34.7 Å². The highest BCUT2D eigenvalue weighted by Gasteiger charge is 2.20. The van der Waals surface area contributed by atoms with E-state index >= 15 is 0 Å². The topological polar surface area (TPSA) is 50.2 Å². The minimum atomic E-state index is -0.120. The number of anilines is 1. The fourth-order valence-electron chi connectivity index (χ4n) is 4.57. The van der Waals surface area contributed by atoms with Crippen LogP contribution in [0.2, 0.25) is 0 Å². The van der Waals surface area contributed by atoms with Gasteiger partial charge >= 0.3 is 0 Å². The van der Waals surface area contributed by atoms with Crippen LogP contribution in [0.25, 0.3) is 5.69 Å². The summed E-state index contributed by atoms with van der Waals surface area (Å²) in [4.78, 5) is 15.6. The maximum Gasteiger partial charge on any atom is 0.259 e. The Bertz CT molecular complexity index is 1050. The first-order valence-electron chi connectivity index (χ1n) is 11.2. The van der Waals surface area contributed by atoms with Gasteiger partial charge in [0, 0.05) is 18.3 Å². The number of para-hydroxylation sites is 2. The molecule has 162 valence electrons. The lowest BCUT2D eigenvalue weighted by molar-refractivity contribution is 0.102. The van der Waals surface area contributed by atoms with E-state index in [1.165, 1.54) is 32.1 Å². The van der Waals surface area contributed by atoms with E-state index in [1.807, 2.05) is 48.0 Å². The Labute approximate surface area is 185 Å². The van der Waals surface area contributed by atoms with Gasteiger partial charge in [0.05, 0.1) is 23.1 Å². The summed E-state index contributed by atoms with van der Waals surface area (Å²) in [5.74, 6) is -0.120. The van der Waals surface area contributed by atoms with Gasteiger partial charge in [0.2, 0.25) is 0 Å². The monoisotopic (exact) mass is 416 g/mol. The summed E-state index contributed by atoms with van der Waals surface area (Å²) >= 11 is 0. The van der Waals surface area contributed by atoms with Crippen molar-refractivity contribution in [3.05, 3.63) is 77.1 Å². The molecule has 3 aromatic rings. The summed E-state index contributed by atoms with van der Waals surface area (Å²) in [6, 6.07) is 16.8. The molecule has 1 aromatic heterocycles. The van der Waals surface area contributed by atoms with E-state index < -0.39 is 0 Å². The number of hydrogen-bond donors (Lipinski definition) is 1. The first kappa shape index (κ1) is 21.3. The second-order valence-electron chi connectivity index (χ2n) is 8.66. The van der Waals surface area contributed by atoms with Crippen molar-refractivity contribution in [2.24, 2.45) is 0 Å². The lowest BCUT2D eigenvalue weighted by Gasteiger charge is -2.31. The van der Waals surface area contributed by atoms with E-state index in [1.54, 1.807) is 6.20 Å². The summed E-state index contributed by atoms with van der Waals surface area (Å²) in [5, 5.41) is 7.63. The third-order valence-electron chi connectivity index (χ3n) is 6.48. The normalized spacial score (nSPS) is 14.7. The molecule has 1 N–H and O–H groups in total. The largest absolute Gasteiger partial charge is 0.322 e. The Morgan fingerprint density at radius 1 is 1.06 bits per heavy atom. The van der Waals surface area contributed by atoms with Gasteiger partial charge < -0.3 is 5.32 Å². The lowest BCUT2D eigenvalue weighted by Crippen LogP contribution is -2.33. The number of rotatable bonds is 6. The van der Waals surface area contributed by atoms with Gasteiger partial charge in [-0.25, -0.2) is 4.68 Å². The SMILES string of the molecule is Cc1ccccc1-n1ncc(C(=O)Nc2ccccc2CN(C)C2CCCCC2)c1C. The minimum absolute atomic E-state index is 0.120. The molecule has 1 amide bonds. The smallest absolute Gasteiger partial charge is 0.259 e. The zero-order chi connectivity index (χ0) is 21.8. The average molecular weight is 417 g/mol. The number of benzene rings is 2. The quantitative estimate of drug-likeness (QED) is 0.577. The van der Waals surface area contributed by atoms with Crippen molar-refractivity contribution in [2.75, 3.05) is 12.4 Å². The lowest BCUT2D eigenvalue weighted by atomic mass is 9.94. The molecule has 0 aliphatic heterocycles. The summed E-state index contributed by atoms with van der Waals surface area (Å²) in [5.41, 5.74) is 5.57. The molecular weight excluding hydrogens is 384 g/mol. The van der Waals surface area contributed by atoms with Crippen LogP contribution in [0.3, 0.4) is 0 Å². The fourth-order valence-corrected chi connectivity index (χ4v) is 4.57. The third-order valence-corrected chi connectivity index (χ3v) is 6.48. The number of aromatic nitrogens is 2. The number of hydrogen-bond acceptors (Lipinski definition) is 3. The first-order chi connectivity index (χ1) is 15.0. The van der Waals surface area contributed by atoms with Crippen LogP contribution < -0.4 is 5.32 Å². The number of nitrogens with zero attached hydrogens (tertiary/aromatic N) is 3. The summed E-state index contributed by atoms with van der Waals surface area (Å²) in [6.07, 6.45) is 8.18. The van der Waals surface area contributed by atoms with Crippen LogP contribution in [-0.4, -0.2) is 33.7 Å². The fraction of sp³-hybridized carbons (Fsp3) is 0.385. The van der Waals surface area contributed by atoms with E-state index in [0.29, 0.717) is 11.6 Å². The van der Waals surface area contributed by atoms with Crippen LogP contribution in [0.5, 0.6) is 0 Å². The molecule has 31 heavy (non-hydrogen) atoms. The van der Waals surface area contributed by atoms with Crippen molar-refractivity contribution in [2.45, 2.75) is 58.5 Å². The van der Waals surface area contributed by atoms with Crippen LogP contribution in [-0.2, 0) is 6.54 Å². The Morgan fingerprint density at radius 3 is 2.55 bits per heavy atom. The van der Waals surface area contributed by atoms with Crippen molar-refractivity contribution in [3.63, 3.8) is 0 Å². The Hall–Kier alpha value is -2.92. The van der Waals surface area contributed by atoms with E-state index in [4.69, 9.17) is 0 Å². The van der Waals surface area contributed by atoms with Crippen LogP contribution in [0.15, 0.2) is 54.7 Å². The molecule has 5 nitrogen and oxygen atoms in total. The molecular formula is C26H32N4O. The first-order valence-corrected chi connectivity index (χ1v) is 11.2. The zero-order valence-corrected chi connectivity index (χ0v) is 18.8. The van der Waals surface area contributed by atoms with Gasteiger partial charge in [-0.2, -0.15) is 5.10 Å². The van der Waals surface area contributed by atoms with Gasteiger partial charge in [0.15, 0.2) is 0 Å². The molecule has 1 aliphatic carbocycles. The summed E-state index contributed by atoms with van der Waals surface area (Å²) in [7, 11) is 2.20. The number of nitrogens with one attached hydrogen (secondary N) is 1. The second kappa shape index (κ2) is 9.48. The van der Waals surface area contributed by atoms with Crippen molar-refractivity contribution < 1.29 is 4.79 Å². The third kappa shape index (κ3) is 4.72. The Kier molecular flexibility index (Phi) is 6.52. The van der Waals surface area contributed by atoms with Crippen molar-refractivity contribution in [1.82, 2.24) is 14.7 Å². The maximum absolute atomic E-state index is 13.1. The summed E-state index contributed by atoms with van der Waals surface area (Å²) < 4.78 is 1.84. The van der Waals surface area contributed by atoms with Gasteiger partial charge in [-0.05, 0) is 57.0 Å². The molecule has 0 unspecified atom stereocenters. The molecule has 1 fully saturated rings. The molecule has 5 heteroatoms. The van der Waals surface area contributed by atoms with Crippen molar-refractivity contribution >= 4 is 11.6 Å². The maximum atomic E-state index is 13.1. The van der Waals surface area contributed by atoms with Gasteiger partial charge in [0.1, 0.15) is 0 Å². The predicted molar refractivity (Wildman–Crippen MR) is 126 cm³/mol. The number of amides is 1. The van der Waals surface area contributed by atoms with Crippen molar-refractivity contribution in [1.29, 1.82) is 0 Å². The van der Waals surface area contributed by atoms with E-state index in [9.17, 15) is 4.79 Å². The van der Waals surface area contributed by atoms with Gasteiger partial charge in [-0.1, -0.05) is 55.7 Å². The zero-order valence-electron chi connectivity index (χ0n) is 18.8. The highest BCUT2D eigenvalue weighted by molar-refractivity contribution is 6.05. The molecule has 0 saturated heterocycles. The number of carbonyl (C=O) groups excluding carboxylic acids is 1. The van der Waals surface area contributed by atoms with Crippen molar-refractivity contribution in [3.8, 4) is 5.69 Å². The Balaban J connectivity index is 1.51.